The van der Waals surface area contributed by atoms with Gasteiger partial charge in [0, 0.05) is 19.8 Å². The van der Waals surface area contributed by atoms with Crippen LogP contribution < -0.4 is 0 Å². The summed E-state index contributed by atoms with van der Waals surface area (Å²) < 4.78 is 10.2. The molecule has 0 heterocycles. The molecule has 34 heavy (non-hydrogen) atoms. The molecule has 5 heteroatoms. The Morgan fingerprint density at radius 3 is 2.32 bits per heavy atom. The highest BCUT2D eigenvalue weighted by Gasteiger charge is 2.39. The van der Waals surface area contributed by atoms with Crippen LogP contribution in [0.5, 0.6) is 0 Å². The topological polar surface area (TPSA) is 72.8 Å². The smallest absolute Gasteiger partial charge is 0.307 e. The average Bonchev–Trinajstić information content (AvgIpc) is 3.09. The molecule has 2 aliphatic rings. The summed E-state index contributed by atoms with van der Waals surface area (Å²) in [6.45, 7) is 13.9. The van der Waals surface area contributed by atoms with E-state index in [2.05, 4.69) is 30.7 Å². The number of ether oxygens (including phenoxy) is 2. The molecule has 0 aliphatic heterocycles. The van der Waals surface area contributed by atoms with E-state index in [-0.39, 0.29) is 23.5 Å². The summed E-state index contributed by atoms with van der Waals surface area (Å²) in [6, 6.07) is 0. The van der Waals surface area contributed by atoms with E-state index in [1.165, 1.54) is 26.0 Å². The summed E-state index contributed by atoms with van der Waals surface area (Å²) >= 11 is 0. The molecule has 198 valence electrons. The van der Waals surface area contributed by atoms with Crippen molar-refractivity contribution in [2.45, 2.75) is 125 Å². The van der Waals surface area contributed by atoms with Crippen LogP contribution in [0.1, 0.15) is 119 Å². The number of esters is 2. The quantitative estimate of drug-likeness (QED) is 0.178. The summed E-state index contributed by atoms with van der Waals surface area (Å²) in [6.07, 6.45) is 14.0. The molecule has 5 nitrogen and oxygen atoms in total. The number of carbonyl (C=O) groups excluding carboxylic acids is 2. The van der Waals surface area contributed by atoms with Crippen molar-refractivity contribution in [3.8, 4) is 0 Å². The molecule has 0 aromatic rings. The zero-order valence-electron chi connectivity index (χ0n) is 23.2. The summed E-state index contributed by atoms with van der Waals surface area (Å²) in [5.41, 5.74) is 1.35. The van der Waals surface area contributed by atoms with Crippen molar-refractivity contribution in [3.63, 3.8) is 0 Å². The average molecular weight is 481 g/mol. The first-order valence-corrected chi connectivity index (χ1v) is 13.6. The third kappa shape index (κ3) is 10.8. The van der Waals surface area contributed by atoms with Crippen LogP contribution >= 0.6 is 0 Å². The number of allylic oxidation sites excluding steroid dienone is 4. The van der Waals surface area contributed by atoms with Crippen molar-refractivity contribution in [1.29, 1.82) is 0 Å². The van der Waals surface area contributed by atoms with Gasteiger partial charge in [-0.05, 0) is 67.8 Å². The molecule has 1 saturated carbocycles. The van der Waals surface area contributed by atoms with E-state index < -0.39 is 0 Å². The van der Waals surface area contributed by atoms with Crippen LogP contribution in [-0.4, -0.2) is 30.3 Å². The van der Waals surface area contributed by atoms with Gasteiger partial charge in [-0.3, -0.25) is 9.59 Å². The summed E-state index contributed by atoms with van der Waals surface area (Å²) in [5.74, 6) is 1.24. The number of aliphatic hydroxyl groups excluding tert-OH is 1. The molecule has 0 aromatic heterocycles. The van der Waals surface area contributed by atoms with Gasteiger partial charge in [-0.15, -0.1) is 0 Å². The van der Waals surface area contributed by atoms with E-state index in [1.54, 1.807) is 0 Å². The molecule has 2 aliphatic carbocycles. The normalized spacial score (nSPS) is 21.6. The number of methoxy groups -OCH3 is 1. The number of unbranched alkanes of at least 4 members (excludes halogenated alkanes) is 1. The fourth-order valence-electron chi connectivity index (χ4n) is 4.86. The molecule has 1 fully saturated rings. The van der Waals surface area contributed by atoms with Crippen LogP contribution in [0.2, 0.25) is 0 Å². The van der Waals surface area contributed by atoms with Crippen molar-refractivity contribution in [2.24, 2.45) is 17.3 Å². The van der Waals surface area contributed by atoms with Crippen molar-refractivity contribution in [3.05, 3.63) is 23.5 Å². The molecule has 0 spiro atoms. The molecule has 0 bridgehead atoms. The van der Waals surface area contributed by atoms with Gasteiger partial charge in [-0.25, -0.2) is 0 Å². The van der Waals surface area contributed by atoms with Gasteiger partial charge in [0.25, 0.3) is 0 Å². The van der Waals surface area contributed by atoms with E-state index in [0.29, 0.717) is 18.3 Å². The van der Waals surface area contributed by atoms with Gasteiger partial charge < -0.3 is 14.6 Å². The molecule has 0 radical (unpaired) electrons. The first kappa shape index (κ1) is 32.4. The first-order valence-electron chi connectivity index (χ1n) is 13.6. The number of aliphatic hydroxyl groups is 1. The Morgan fingerprint density at radius 2 is 1.79 bits per heavy atom. The lowest BCUT2D eigenvalue weighted by atomic mass is 9.65. The Hall–Kier alpha value is -1.62. The monoisotopic (exact) mass is 480 g/mol. The molecular formula is C29H52O5. The lowest BCUT2D eigenvalue weighted by Gasteiger charge is -2.42. The van der Waals surface area contributed by atoms with E-state index in [0.717, 1.165) is 63.5 Å². The second-order valence-electron chi connectivity index (χ2n) is 9.43. The highest BCUT2D eigenvalue weighted by molar-refractivity contribution is 5.69. The highest BCUT2D eigenvalue weighted by Crippen LogP contribution is 2.46. The van der Waals surface area contributed by atoms with Gasteiger partial charge in [-0.1, -0.05) is 66.5 Å². The predicted molar refractivity (Wildman–Crippen MR) is 140 cm³/mol. The Bertz CT molecular complexity index is 645. The van der Waals surface area contributed by atoms with E-state index >= 15 is 0 Å². The lowest BCUT2D eigenvalue weighted by Crippen LogP contribution is -2.38. The maximum absolute atomic E-state index is 11.6. The molecule has 1 N–H and O–H groups in total. The molecule has 0 saturated heterocycles. The number of hydrogen-bond donors (Lipinski definition) is 1. The van der Waals surface area contributed by atoms with Gasteiger partial charge in [0.1, 0.15) is 5.76 Å². The first-order chi connectivity index (χ1) is 16.3. The minimum absolute atomic E-state index is 0.121. The van der Waals surface area contributed by atoms with Crippen LogP contribution in [0.15, 0.2) is 23.5 Å². The van der Waals surface area contributed by atoms with Crippen molar-refractivity contribution >= 4 is 11.9 Å². The van der Waals surface area contributed by atoms with Crippen LogP contribution in [0, 0.1) is 17.3 Å². The van der Waals surface area contributed by atoms with Gasteiger partial charge in [-0.2, -0.15) is 0 Å². The molecule has 3 atom stereocenters. The van der Waals surface area contributed by atoms with Gasteiger partial charge in [0.15, 0.2) is 0 Å². The largest absolute Gasteiger partial charge is 0.469 e. The van der Waals surface area contributed by atoms with Gasteiger partial charge in [0.2, 0.25) is 0 Å². The molecule has 0 aromatic carbocycles. The van der Waals surface area contributed by atoms with Crippen LogP contribution in [-0.2, 0) is 19.1 Å². The third-order valence-electron chi connectivity index (χ3n) is 7.04. The fraction of sp³-hybridized carbons (Fsp3) is 0.793. The summed E-state index contributed by atoms with van der Waals surface area (Å²) in [4.78, 5) is 22.8. The van der Waals surface area contributed by atoms with E-state index in [1.807, 2.05) is 27.7 Å². The number of rotatable bonds is 12. The SMILES string of the molecule is CC.CC.COC(=O)CCC/C=C\CC1=C(OC(C)=O)C[C@@H](C)[C@@H]1CCCC(O)C1(C)CCC1. The number of hydrogen-bond acceptors (Lipinski definition) is 5. The van der Waals surface area contributed by atoms with E-state index in [4.69, 9.17) is 4.74 Å². The lowest BCUT2D eigenvalue weighted by molar-refractivity contribution is -0.140. The van der Waals surface area contributed by atoms with Gasteiger partial charge in [0.05, 0.1) is 13.2 Å². The minimum Gasteiger partial charge on any atom is -0.469 e. The van der Waals surface area contributed by atoms with Crippen LogP contribution in [0.25, 0.3) is 0 Å². The van der Waals surface area contributed by atoms with Gasteiger partial charge >= 0.3 is 11.9 Å². The summed E-state index contributed by atoms with van der Waals surface area (Å²) in [5, 5.41) is 10.6. The highest BCUT2D eigenvalue weighted by atomic mass is 16.5. The molecule has 2 rings (SSSR count). The molecular weight excluding hydrogens is 428 g/mol. The van der Waals surface area contributed by atoms with Crippen molar-refractivity contribution < 1.29 is 24.2 Å². The standard InChI is InChI=1S/C25H40O5.2C2H6/c1-18-17-22(30-19(2)26)21(11-7-5-6-8-14-24(28)29-4)20(18)12-9-13-23(27)25(3)15-10-16-25;2*1-2/h5,7,18,20,23,27H,6,8-17H2,1-4H3;2*1-2H3/b7-5-;;/t18-,20+,23?;;/m1../s1. The minimum atomic E-state index is -0.259. The van der Waals surface area contributed by atoms with Crippen molar-refractivity contribution in [1.82, 2.24) is 0 Å². The van der Waals surface area contributed by atoms with Crippen LogP contribution in [0.4, 0.5) is 0 Å². The zero-order valence-corrected chi connectivity index (χ0v) is 23.2. The fourth-order valence-corrected chi connectivity index (χ4v) is 4.86. The van der Waals surface area contributed by atoms with E-state index in [9.17, 15) is 14.7 Å². The Morgan fingerprint density at radius 1 is 1.15 bits per heavy atom. The second-order valence-corrected chi connectivity index (χ2v) is 9.43. The Kier molecular flexibility index (Phi) is 16.9. The van der Waals surface area contributed by atoms with Crippen molar-refractivity contribution in [2.75, 3.05) is 7.11 Å². The Labute approximate surface area is 209 Å². The van der Waals surface area contributed by atoms with Crippen LogP contribution in [0.3, 0.4) is 0 Å². The maximum Gasteiger partial charge on any atom is 0.307 e. The molecule has 1 unspecified atom stereocenters. The third-order valence-corrected chi connectivity index (χ3v) is 7.04. The number of carbonyl (C=O) groups is 2. The maximum atomic E-state index is 11.6. The second kappa shape index (κ2) is 17.8. The predicted octanol–water partition coefficient (Wildman–Crippen LogP) is 7.52. The zero-order chi connectivity index (χ0) is 26.1. The Balaban J connectivity index is 0.00000258. The summed E-state index contributed by atoms with van der Waals surface area (Å²) in [7, 11) is 1.41. The molecule has 0 amide bonds.